The number of benzene rings is 1. The van der Waals surface area contributed by atoms with Crippen LogP contribution in [0.4, 0.5) is 5.69 Å². The number of carbonyl (C=O) groups excluding carboxylic acids is 3. The molecular formula is C14H13BrN2O3. The van der Waals surface area contributed by atoms with Gasteiger partial charge in [0.2, 0.25) is 5.91 Å². The summed E-state index contributed by atoms with van der Waals surface area (Å²) in [5.41, 5.74) is 0.837. The molecule has 0 atom stereocenters. The monoisotopic (exact) mass is 336 g/mol. The Morgan fingerprint density at radius 3 is 2.80 bits per heavy atom. The van der Waals surface area contributed by atoms with Crippen LogP contribution in [-0.4, -0.2) is 30.7 Å². The number of nitrogens with zero attached hydrogens (tertiary/aromatic N) is 1. The number of hydrogen-bond acceptors (Lipinski definition) is 3. The minimum Gasteiger partial charge on any atom is -0.354 e. The van der Waals surface area contributed by atoms with Crippen molar-refractivity contribution < 1.29 is 14.4 Å². The lowest BCUT2D eigenvalue weighted by Crippen LogP contribution is -2.40. The van der Waals surface area contributed by atoms with E-state index in [0.717, 1.165) is 12.8 Å². The first-order valence-electron chi connectivity index (χ1n) is 6.49. The van der Waals surface area contributed by atoms with Crippen LogP contribution in [0.25, 0.3) is 0 Å². The Morgan fingerprint density at radius 1 is 1.35 bits per heavy atom. The van der Waals surface area contributed by atoms with Gasteiger partial charge in [0, 0.05) is 11.0 Å². The Morgan fingerprint density at radius 2 is 2.10 bits per heavy atom. The number of fused-ring (bicyclic) bond motifs is 1. The van der Waals surface area contributed by atoms with Crippen LogP contribution in [-0.2, 0) is 9.59 Å². The van der Waals surface area contributed by atoms with E-state index in [9.17, 15) is 14.4 Å². The van der Waals surface area contributed by atoms with E-state index in [-0.39, 0.29) is 12.5 Å². The molecule has 2 amide bonds. The highest BCUT2D eigenvalue weighted by Crippen LogP contribution is 2.35. The second kappa shape index (κ2) is 5.01. The number of rotatable bonds is 4. The predicted molar refractivity (Wildman–Crippen MR) is 76.6 cm³/mol. The van der Waals surface area contributed by atoms with Gasteiger partial charge in [-0.1, -0.05) is 6.07 Å². The summed E-state index contributed by atoms with van der Waals surface area (Å²) in [6, 6.07) is 5.05. The summed E-state index contributed by atoms with van der Waals surface area (Å²) >= 11 is 3.33. The molecule has 1 saturated carbocycles. The van der Waals surface area contributed by atoms with Gasteiger partial charge in [-0.15, -0.1) is 0 Å². The summed E-state index contributed by atoms with van der Waals surface area (Å²) < 4.78 is 0.643. The number of amides is 2. The molecule has 0 spiro atoms. The number of Topliss-reactive ketones (excluding diaryl/α,β-unsaturated/α-hetero) is 1. The van der Waals surface area contributed by atoms with Crippen molar-refractivity contribution in [3.05, 3.63) is 28.2 Å². The molecule has 0 radical (unpaired) electrons. The maximum Gasteiger partial charge on any atom is 0.299 e. The van der Waals surface area contributed by atoms with Crippen LogP contribution < -0.4 is 10.2 Å². The maximum atomic E-state index is 12.0. The first-order chi connectivity index (χ1) is 9.58. The molecule has 3 rings (SSSR count). The van der Waals surface area contributed by atoms with Crippen molar-refractivity contribution in [3.8, 4) is 0 Å². The van der Waals surface area contributed by atoms with Gasteiger partial charge in [-0.05, 0) is 46.8 Å². The van der Waals surface area contributed by atoms with Crippen LogP contribution in [0.2, 0.25) is 0 Å². The van der Waals surface area contributed by atoms with Gasteiger partial charge in [0.05, 0.1) is 11.3 Å². The number of para-hydroxylation sites is 1. The Labute approximate surface area is 124 Å². The fourth-order valence-corrected chi connectivity index (χ4v) is 2.82. The molecule has 20 heavy (non-hydrogen) atoms. The molecule has 1 aliphatic carbocycles. The lowest BCUT2D eigenvalue weighted by Gasteiger charge is -2.17. The average Bonchev–Trinajstić information content (AvgIpc) is 3.22. The van der Waals surface area contributed by atoms with E-state index >= 15 is 0 Å². The van der Waals surface area contributed by atoms with Crippen molar-refractivity contribution >= 4 is 39.2 Å². The largest absolute Gasteiger partial charge is 0.354 e. The van der Waals surface area contributed by atoms with E-state index in [0.29, 0.717) is 28.2 Å². The first-order valence-corrected chi connectivity index (χ1v) is 7.28. The summed E-state index contributed by atoms with van der Waals surface area (Å²) in [6.07, 6.45) is 2.30. The molecule has 0 aromatic heterocycles. The minimum atomic E-state index is -0.645. The Kier molecular flexibility index (Phi) is 3.33. The van der Waals surface area contributed by atoms with E-state index < -0.39 is 11.7 Å². The van der Waals surface area contributed by atoms with Crippen LogP contribution >= 0.6 is 15.9 Å². The van der Waals surface area contributed by atoms with Crippen molar-refractivity contribution in [2.75, 3.05) is 18.0 Å². The highest BCUT2D eigenvalue weighted by Gasteiger charge is 2.38. The molecule has 6 heteroatoms. The average molecular weight is 337 g/mol. The molecule has 1 aromatic carbocycles. The second-order valence-electron chi connectivity index (χ2n) is 5.10. The van der Waals surface area contributed by atoms with E-state index in [1.807, 2.05) is 0 Å². The Balaban J connectivity index is 1.77. The quantitative estimate of drug-likeness (QED) is 0.847. The molecule has 0 saturated heterocycles. The highest BCUT2D eigenvalue weighted by atomic mass is 79.9. The van der Waals surface area contributed by atoms with Crippen LogP contribution in [0.5, 0.6) is 0 Å². The molecule has 1 heterocycles. The Bertz CT molecular complexity index is 610. The van der Waals surface area contributed by atoms with Gasteiger partial charge >= 0.3 is 0 Å². The molecule has 0 unspecified atom stereocenters. The zero-order valence-corrected chi connectivity index (χ0v) is 12.3. The topological polar surface area (TPSA) is 66.5 Å². The highest BCUT2D eigenvalue weighted by molar-refractivity contribution is 9.10. The summed E-state index contributed by atoms with van der Waals surface area (Å²) in [4.78, 5) is 37.0. The molecule has 1 aliphatic heterocycles. The minimum absolute atomic E-state index is 0.118. The van der Waals surface area contributed by atoms with Crippen LogP contribution in [0.1, 0.15) is 23.2 Å². The third kappa shape index (κ3) is 2.35. The van der Waals surface area contributed by atoms with Crippen molar-refractivity contribution in [2.45, 2.75) is 12.8 Å². The fourth-order valence-electron chi connectivity index (χ4n) is 2.24. The smallest absolute Gasteiger partial charge is 0.299 e. The van der Waals surface area contributed by atoms with Crippen molar-refractivity contribution in [2.24, 2.45) is 5.92 Å². The number of anilines is 1. The van der Waals surface area contributed by atoms with Crippen molar-refractivity contribution in [3.63, 3.8) is 0 Å². The SMILES string of the molecule is O=C(CN1C(=O)C(=O)c2cccc(Br)c21)NCC1CC1. The van der Waals surface area contributed by atoms with E-state index in [1.165, 1.54) is 4.90 Å². The van der Waals surface area contributed by atoms with Gasteiger partial charge < -0.3 is 5.32 Å². The standard InChI is InChI=1S/C14H13BrN2O3/c15-10-3-1-2-9-12(10)17(14(20)13(9)19)7-11(18)16-6-8-4-5-8/h1-3,8H,4-7H2,(H,16,18). The van der Waals surface area contributed by atoms with Gasteiger partial charge in [-0.25, -0.2) is 0 Å². The molecular weight excluding hydrogens is 324 g/mol. The summed E-state index contributed by atoms with van der Waals surface area (Å²) in [6.45, 7) is 0.532. The Hall–Kier alpha value is -1.69. The third-order valence-electron chi connectivity index (χ3n) is 3.53. The van der Waals surface area contributed by atoms with Crippen LogP contribution in [0, 0.1) is 5.92 Å². The molecule has 1 aromatic rings. The zero-order chi connectivity index (χ0) is 14.3. The van der Waals surface area contributed by atoms with E-state index in [2.05, 4.69) is 21.2 Å². The normalized spacial score (nSPS) is 17.4. The summed E-state index contributed by atoms with van der Waals surface area (Å²) in [7, 11) is 0. The second-order valence-corrected chi connectivity index (χ2v) is 5.96. The number of hydrogen-bond donors (Lipinski definition) is 1. The van der Waals surface area contributed by atoms with Crippen molar-refractivity contribution in [1.82, 2.24) is 5.32 Å². The van der Waals surface area contributed by atoms with Crippen molar-refractivity contribution in [1.29, 1.82) is 0 Å². The van der Waals surface area contributed by atoms with E-state index in [4.69, 9.17) is 0 Å². The van der Waals surface area contributed by atoms with Gasteiger partial charge in [-0.3, -0.25) is 19.3 Å². The third-order valence-corrected chi connectivity index (χ3v) is 4.17. The number of nitrogens with one attached hydrogen (secondary N) is 1. The van der Waals surface area contributed by atoms with Gasteiger partial charge in [0.25, 0.3) is 11.7 Å². The number of ketones is 1. The van der Waals surface area contributed by atoms with Crippen LogP contribution in [0.3, 0.4) is 0 Å². The zero-order valence-electron chi connectivity index (χ0n) is 10.7. The lowest BCUT2D eigenvalue weighted by molar-refractivity contribution is -0.122. The molecule has 104 valence electrons. The van der Waals surface area contributed by atoms with E-state index in [1.54, 1.807) is 18.2 Å². The summed E-state index contributed by atoms with van der Waals surface area (Å²) in [5.74, 6) is -0.861. The molecule has 0 bridgehead atoms. The molecule has 2 aliphatic rings. The predicted octanol–water partition coefficient (Wildman–Crippen LogP) is 1.50. The van der Waals surface area contributed by atoms with Gasteiger partial charge in [0.15, 0.2) is 0 Å². The summed E-state index contributed by atoms with van der Waals surface area (Å²) in [5, 5.41) is 2.80. The number of carbonyl (C=O) groups is 3. The molecule has 1 fully saturated rings. The molecule has 1 N–H and O–H groups in total. The lowest BCUT2D eigenvalue weighted by atomic mass is 10.1. The maximum absolute atomic E-state index is 12.0. The van der Waals surface area contributed by atoms with Gasteiger partial charge in [-0.2, -0.15) is 0 Å². The van der Waals surface area contributed by atoms with Crippen LogP contribution in [0.15, 0.2) is 22.7 Å². The number of halogens is 1. The fraction of sp³-hybridized carbons (Fsp3) is 0.357. The van der Waals surface area contributed by atoms with Gasteiger partial charge in [0.1, 0.15) is 6.54 Å². The first kappa shape index (κ1) is 13.3. The molecule has 5 nitrogen and oxygen atoms in total.